The fourth-order valence-corrected chi connectivity index (χ4v) is 9.60. The Bertz CT molecular complexity index is 2010. The van der Waals surface area contributed by atoms with Gasteiger partial charge in [0.05, 0.1) is 27.7 Å². The van der Waals surface area contributed by atoms with E-state index in [-0.39, 0.29) is 26.1 Å². The van der Waals surface area contributed by atoms with E-state index in [1.807, 2.05) is 21.1 Å². The predicted octanol–water partition coefficient (Wildman–Crippen LogP) is 21.7. The summed E-state index contributed by atoms with van der Waals surface area (Å²) in [5.41, 5.74) is 0. The highest BCUT2D eigenvalue weighted by Gasteiger charge is 2.22. The zero-order valence-electron chi connectivity index (χ0n) is 55.4. The number of hydrogen-bond acceptors (Lipinski definition) is 8. The second kappa shape index (κ2) is 65.1. The van der Waals surface area contributed by atoms with E-state index in [4.69, 9.17) is 18.5 Å². The number of phosphoric acid groups is 1. The molecule has 0 bridgehead atoms. The largest absolute Gasteiger partial charge is 0.756 e. The molecule has 0 aliphatic carbocycles. The lowest BCUT2D eigenvalue weighted by atomic mass is 10.0. The van der Waals surface area contributed by atoms with Gasteiger partial charge in [-0.15, -0.1) is 0 Å². The molecule has 2 unspecified atom stereocenters. The van der Waals surface area contributed by atoms with Gasteiger partial charge in [0.15, 0.2) is 6.10 Å². The van der Waals surface area contributed by atoms with Gasteiger partial charge in [-0.3, -0.25) is 14.2 Å². The number of allylic oxidation sites excluding steroid dienone is 26. The first-order valence-corrected chi connectivity index (χ1v) is 35.7. The summed E-state index contributed by atoms with van der Waals surface area (Å²) in [7, 11) is 1.13. The van der Waals surface area contributed by atoms with E-state index >= 15 is 0 Å². The number of likely N-dealkylation sites (N-methyl/N-ethyl adjacent to an activating group) is 1. The van der Waals surface area contributed by atoms with Gasteiger partial charge in [-0.25, -0.2) is 0 Å². The van der Waals surface area contributed by atoms with Crippen LogP contribution in [0.4, 0.5) is 0 Å². The van der Waals surface area contributed by atoms with Crippen molar-refractivity contribution >= 4 is 19.8 Å². The van der Waals surface area contributed by atoms with E-state index in [0.717, 1.165) is 122 Å². The van der Waals surface area contributed by atoms with Crippen LogP contribution in [0.5, 0.6) is 0 Å². The maximum atomic E-state index is 12.8. The Kier molecular flexibility index (Phi) is 61.8. The molecular formula is C76H126NO8P. The van der Waals surface area contributed by atoms with Crippen LogP contribution in [0, 0.1) is 0 Å². The lowest BCUT2D eigenvalue weighted by Crippen LogP contribution is -2.37. The van der Waals surface area contributed by atoms with Gasteiger partial charge in [-0.1, -0.05) is 281 Å². The first-order valence-electron chi connectivity index (χ1n) is 34.2. The summed E-state index contributed by atoms with van der Waals surface area (Å²) in [6.45, 7) is 3.97. The summed E-state index contributed by atoms with van der Waals surface area (Å²) in [6.07, 6.45) is 97.5. The molecule has 2 atom stereocenters. The monoisotopic (exact) mass is 1210 g/mol. The van der Waals surface area contributed by atoms with Crippen LogP contribution in [0.25, 0.3) is 0 Å². The maximum absolute atomic E-state index is 12.8. The number of ether oxygens (including phenoxy) is 2. The van der Waals surface area contributed by atoms with E-state index in [0.29, 0.717) is 17.4 Å². The normalized spacial score (nSPS) is 14.2. The highest BCUT2D eigenvalue weighted by atomic mass is 31.2. The van der Waals surface area contributed by atoms with Gasteiger partial charge < -0.3 is 27.9 Å². The van der Waals surface area contributed by atoms with Crippen LogP contribution in [0.2, 0.25) is 0 Å². The third-order valence-corrected chi connectivity index (χ3v) is 15.0. The summed E-state index contributed by atoms with van der Waals surface area (Å²) in [6, 6.07) is 0. The molecule has 0 spiro atoms. The molecule has 9 nitrogen and oxygen atoms in total. The van der Waals surface area contributed by atoms with Gasteiger partial charge in [0.25, 0.3) is 7.82 Å². The van der Waals surface area contributed by atoms with Crippen LogP contribution in [-0.4, -0.2) is 70.0 Å². The lowest BCUT2D eigenvalue weighted by Gasteiger charge is -2.28. The van der Waals surface area contributed by atoms with Crippen molar-refractivity contribution in [3.8, 4) is 0 Å². The van der Waals surface area contributed by atoms with Crippen LogP contribution in [0.1, 0.15) is 258 Å². The average Bonchev–Trinajstić information content (AvgIpc) is 3.56. The van der Waals surface area contributed by atoms with Crippen molar-refractivity contribution in [3.05, 3.63) is 158 Å². The van der Waals surface area contributed by atoms with Crippen LogP contribution in [0.3, 0.4) is 0 Å². The summed E-state index contributed by atoms with van der Waals surface area (Å²) in [5, 5.41) is 0. The number of rotatable bonds is 61. The number of quaternary nitrogens is 1. The summed E-state index contributed by atoms with van der Waals surface area (Å²) < 4.78 is 34.2. The minimum absolute atomic E-state index is 0.0453. The molecule has 488 valence electrons. The fourth-order valence-electron chi connectivity index (χ4n) is 8.88. The van der Waals surface area contributed by atoms with Crippen molar-refractivity contribution < 1.29 is 42.1 Å². The zero-order chi connectivity index (χ0) is 62.6. The molecule has 0 fully saturated rings. The standard InChI is InChI=1S/C76H126NO8P/c1-6-8-10-12-14-16-18-20-22-24-26-28-30-32-34-36-38-40-42-44-46-48-50-52-54-56-58-60-62-64-66-68-75(78)82-72-74(73-84-86(80,81)83-71-70-77(3,4)5)85-76(79)69-67-65-63-61-59-57-55-53-51-49-47-45-43-41-39-37-35-33-31-29-27-25-23-21-19-17-15-13-11-9-7-2/h8-11,14-17,20-23,26-29,33,35,39,41,45,47,51,53,57,59,74H,6-7,12-13,18-19,24-25,30-32,34,36-38,40,42-44,46,48-50,52,54-56,58,60-73H2,1-5H3/b10-8-,11-9-,16-14-,17-15-,22-20-,23-21-,28-26-,29-27-,35-33-,41-39-,47-45-,53-51-,59-57-. The van der Waals surface area contributed by atoms with Crippen LogP contribution in [-0.2, 0) is 32.7 Å². The molecule has 0 aliphatic rings. The topological polar surface area (TPSA) is 111 Å². The molecular weight excluding hydrogens is 1090 g/mol. The van der Waals surface area contributed by atoms with Gasteiger partial charge in [-0.05, 0) is 122 Å². The Morgan fingerprint density at radius 3 is 0.942 bits per heavy atom. The van der Waals surface area contributed by atoms with Crippen molar-refractivity contribution in [1.82, 2.24) is 0 Å². The van der Waals surface area contributed by atoms with E-state index in [9.17, 15) is 19.0 Å². The molecule has 0 rings (SSSR count). The van der Waals surface area contributed by atoms with Crippen molar-refractivity contribution in [2.45, 2.75) is 264 Å². The van der Waals surface area contributed by atoms with Gasteiger partial charge in [-0.2, -0.15) is 0 Å². The maximum Gasteiger partial charge on any atom is 0.306 e. The highest BCUT2D eigenvalue weighted by Crippen LogP contribution is 2.38. The predicted molar refractivity (Wildman–Crippen MR) is 369 cm³/mol. The molecule has 86 heavy (non-hydrogen) atoms. The number of phosphoric ester groups is 1. The minimum atomic E-state index is -4.66. The molecule has 0 radical (unpaired) electrons. The van der Waals surface area contributed by atoms with Crippen molar-refractivity contribution in [3.63, 3.8) is 0 Å². The first kappa shape index (κ1) is 81.6. The van der Waals surface area contributed by atoms with Crippen LogP contribution in [0.15, 0.2) is 158 Å². The Hall–Kier alpha value is -4.37. The summed E-state index contributed by atoms with van der Waals surface area (Å²) in [4.78, 5) is 38.0. The smallest absolute Gasteiger partial charge is 0.306 e. The Morgan fingerprint density at radius 2 is 0.628 bits per heavy atom. The third kappa shape index (κ3) is 68.7. The molecule has 10 heteroatoms. The van der Waals surface area contributed by atoms with E-state index in [2.05, 4.69) is 172 Å². The Balaban J connectivity index is 4.17. The molecule has 0 saturated carbocycles. The molecule has 0 aromatic rings. The molecule has 0 N–H and O–H groups in total. The SMILES string of the molecule is CC/C=C\C/C=C\C/C=C\C/C=C\C/C=C\C/C=C\C/C=C\C/C=C\C/C=C\CCCCCC(=O)OC(COC(=O)CCCCCCCCCCCCCCCCCCCC/C=C\C/C=C\C/C=C\C/C=C\CC)COP(=O)([O-])OCC[N+](C)(C)C. The highest BCUT2D eigenvalue weighted by molar-refractivity contribution is 7.45. The third-order valence-electron chi connectivity index (χ3n) is 14.0. The molecule has 0 aliphatic heterocycles. The second-order valence-corrected chi connectivity index (χ2v) is 24.8. The number of hydrogen-bond donors (Lipinski definition) is 0. The van der Waals surface area contributed by atoms with E-state index in [1.165, 1.54) is 103 Å². The molecule has 0 aromatic carbocycles. The second-order valence-electron chi connectivity index (χ2n) is 23.4. The zero-order valence-corrected chi connectivity index (χ0v) is 56.3. The fraction of sp³-hybridized carbons (Fsp3) is 0.632. The van der Waals surface area contributed by atoms with E-state index < -0.39 is 32.5 Å². The molecule has 0 aromatic heterocycles. The quantitative estimate of drug-likeness (QED) is 0.0195. The van der Waals surface area contributed by atoms with Gasteiger partial charge >= 0.3 is 11.9 Å². The number of esters is 2. The minimum Gasteiger partial charge on any atom is -0.756 e. The average molecular weight is 1210 g/mol. The molecule has 0 saturated heterocycles. The number of unbranched alkanes of at least 4 members (excludes halogenated alkanes) is 21. The molecule has 0 amide bonds. The summed E-state index contributed by atoms with van der Waals surface area (Å²) in [5.74, 6) is -0.877. The van der Waals surface area contributed by atoms with Gasteiger partial charge in [0.1, 0.15) is 19.8 Å². The number of carbonyl (C=O) groups is 2. The van der Waals surface area contributed by atoms with Crippen LogP contribution >= 0.6 is 7.82 Å². The number of carbonyl (C=O) groups excluding carboxylic acids is 2. The Labute approximate surface area is 528 Å². The van der Waals surface area contributed by atoms with Crippen molar-refractivity contribution in [2.75, 3.05) is 47.5 Å². The first-order chi connectivity index (χ1) is 42.0. The van der Waals surface area contributed by atoms with Gasteiger partial charge in [0, 0.05) is 12.8 Å². The van der Waals surface area contributed by atoms with Crippen molar-refractivity contribution in [1.29, 1.82) is 0 Å². The summed E-state index contributed by atoms with van der Waals surface area (Å²) >= 11 is 0. The van der Waals surface area contributed by atoms with Gasteiger partial charge in [0.2, 0.25) is 0 Å². The lowest BCUT2D eigenvalue weighted by molar-refractivity contribution is -0.870. The number of nitrogens with zero attached hydrogens (tertiary/aromatic N) is 1. The van der Waals surface area contributed by atoms with E-state index in [1.54, 1.807) is 0 Å². The Morgan fingerprint density at radius 1 is 0.360 bits per heavy atom. The van der Waals surface area contributed by atoms with Crippen molar-refractivity contribution in [2.24, 2.45) is 0 Å². The molecule has 0 heterocycles. The van der Waals surface area contributed by atoms with Crippen LogP contribution < -0.4 is 4.89 Å².